The molecule has 0 aromatic carbocycles. The number of hydrogen-bond donors (Lipinski definition) is 2. The Balaban J connectivity index is 3.86. The van der Waals surface area contributed by atoms with Crippen LogP contribution in [0.25, 0.3) is 0 Å². The van der Waals surface area contributed by atoms with Gasteiger partial charge < -0.3 is 14.2 Å². The summed E-state index contributed by atoms with van der Waals surface area (Å²) in [4.78, 5) is 8.52. The lowest BCUT2D eigenvalue weighted by atomic mass is 11.1. The second-order valence-corrected chi connectivity index (χ2v) is 2.49. The number of aliphatic hydroxyl groups is 1. The number of aliphatic hydroxyl groups excluding tert-OH is 1. The van der Waals surface area contributed by atoms with Gasteiger partial charge in [-0.05, 0) is 0 Å². The molecule has 0 rings (SSSR count). The molecule has 5 nitrogen and oxygen atoms in total. The van der Waals surface area contributed by atoms with Crippen LogP contribution in [0.15, 0.2) is 25.4 Å². The summed E-state index contributed by atoms with van der Waals surface area (Å²) in [6.07, 6.45) is 1.87. The molecular weight excluding hydrogens is 159 g/mol. The van der Waals surface area contributed by atoms with Crippen LogP contribution in [0.4, 0.5) is 0 Å². The Morgan fingerprint density at radius 3 is 2.50 bits per heavy atom. The van der Waals surface area contributed by atoms with E-state index in [0.29, 0.717) is 12.5 Å². The van der Waals surface area contributed by atoms with E-state index in [1.807, 2.05) is 0 Å². The van der Waals surface area contributed by atoms with E-state index in [9.17, 15) is 4.57 Å². The van der Waals surface area contributed by atoms with Crippen LogP contribution < -0.4 is 0 Å². The number of phosphoric acid groups is 1. The lowest BCUT2D eigenvalue weighted by molar-refractivity contribution is 0.240. The number of hydrogen-bond acceptors (Lipinski definition) is 4. The van der Waals surface area contributed by atoms with Crippen molar-refractivity contribution in [1.29, 1.82) is 0 Å². The molecule has 0 radical (unpaired) electrons. The number of phosphoric ester groups is 1. The van der Waals surface area contributed by atoms with E-state index >= 15 is 0 Å². The van der Waals surface area contributed by atoms with E-state index in [2.05, 4.69) is 15.6 Å². The zero-order valence-electron chi connectivity index (χ0n) is 5.01. The van der Waals surface area contributed by atoms with Gasteiger partial charge in [-0.1, -0.05) is 6.58 Å². The highest BCUT2D eigenvalue weighted by molar-refractivity contribution is 7.47. The van der Waals surface area contributed by atoms with Gasteiger partial charge in [0.25, 0.3) is 0 Å². The van der Waals surface area contributed by atoms with Crippen LogP contribution in [0.2, 0.25) is 0 Å². The molecule has 6 heteroatoms. The third-order valence-corrected chi connectivity index (χ3v) is 1.27. The largest absolute Gasteiger partial charge is 0.583 e. The van der Waals surface area contributed by atoms with Gasteiger partial charge in [0.2, 0.25) is 0 Å². The summed E-state index contributed by atoms with van der Waals surface area (Å²) >= 11 is 0. The molecule has 10 heavy (non-hydrogen) atoms. The van der Waals surface area contributed by atoms with Gasteiger partial charge in [-0.15, -0.1) is 0 Å². The Bertz CT molecular complexity index is 174. The SMILES string of the molecule is C=COP(=O)(O)O/C=C\O. The predicted molar refractivity (Wildman–Crippen MR) is 34.0 cm³/mol. The summed E-state index contributed by atoms with van der Waals surface area (Å²) < 4.78 is 18.5. The summed E-state index contributed by atoms with van der Waals surface area (Å²) in [7, 11) is -4.07. The van der Waals surface area contributed by atoms with Crippen LogP contribution in [0, 0.1) is 0 Å². The van der Waals surface area contributed by atoms with Crippen molar-refractivity contribution in [3.05, 3.63) is 25.4 Å². The van der Waals surface area contributed by atoms with Gasteiger partial charge in [-0.25, -0.2) is 4.57 Å². The maximum absolute atomic E-state index is 10.5. The molecule has 2 N–H and O–H groups in total. The van der Waals surface area contributed by atoms with E-state index in [1.54, 1.807) is 0 Å². The summed E-state index contributed by atoms with van der Waals surface area (Å²) in [5, 5.41) is 7.98. The fourth-order valence-electron chi connectivity index (χ4n) is 0.223. The first-order chi connectivity index (χ1) is 4.62. The van der Waals surface area contributed by atoms with Crippen molar-refractivity contribution in [2.24, 2.45) is 0 Å². The Labute approximate surface area is 57.8 Å². The molecule has 0 aromatic heterocycles. The van der Waals surface area contributed by atoms with Gasteiger partial charge >= 0.3 is 7.82 Å². The number of rotatable bonds is 4. The highest BCUT2D eigenvalue weighted by Crippen LogP contribution is 2.43. The molecule has 0 bridgehead atoms. The average molecular weight is 166 g/mol. The van der Waals surface area contributed by atoms with Crippen LogP contribution in [0.1, 0.15) is 0 Å². The molecule has 0 aromatic rings. The van der Waals surface area contributed by atoms with Crippen molar-refractivity contribution in [3.8, 4) is 0 Å². The van der Waals surface area contributed by atoms with Gasteiger partial charge in [0.15, 0.2) is 0 Å². The van der Waals surface area contributed by atoms with Gasteiger partial charge in [0.1, 0.15) is 12.5 Å². The molecule has 0 saturated heterocycles. The van der Waals surface area contributed by atoms with Gasteiger partial charge in [0, 0.05) is 0 Å². The molecule has 1 unspecified atom stereocenters. The van der Waals surface area contributed by atoms with Gasteiger partial charge in [0.05, 0.1) is 6.26 Å². The Morgan fingerprint density at radius 1 is 1.50 bits per heavy atom. The quantitative estimate of drug-likeness (QED) is 0.486. The molecule has 0 fully saturated rings. The Kier molecular flexibility index (Phi) is 3.61. The summed E-state index contributed by atoms with van der Waals surface area (Å²) in [5.74, 6) is 0. The topological polar surface area (TPSA) is 76.0 Å². The highest BCUT2D eigenvalue weighted by atomic mass is 31.2. The van der Waals surface area contributed by atoms with E-state index in [1.165, 1.54) is 0 Å². The van der Waals surface area contributed by atoms with E-state index in [4.69, 9.17) is 10.00 Å². The van der Waals surface area contributed by atoms with Crippen molar-refractivity contribution < 1.29 is 23.6 Å². The Morgan fingerprint density at radius 2 is 2.10 bits per heavy atom. The van der Waals surface area contributed by atoms with Crippen molar-refractivity contribution in [2.75, 3.05) is 0 Å². The lowest BCUT2D eigenvalue weighted by Gasteiger charge is -2.05. The minimum absolute atomic E-state index is 0.468. The molecule has 0 aliphatic carbocycles. The molecule has 58 valence electrons. The predicted octanol–water partition coefficient (Wildman–Crippen LogP) is 1.29. The normalized spacial score (nSPS) is 16.1. The molecule has 0 amide bonds. The van der Waals surface area contributed by atoms with Crippen LogP contribution in [-0.2, 0) is 13.6 Å². The summed E-state index contributed by atoms with van der Waals surface area (Å²) in [6.45, 7) is 3.03. The Hall–Kier alpha value is -0.930. The second kappa shape index (κ2) is 3.98. The molecule has 0 heterocycles. The van der Waals surface area contributed by atoms with Crippen LogP contribution in [-0.4, -0.2) is 10.00 Å². The minimum Gasteiger partial charge on any atom is -0.512 e. The van der Waals surface area contributed by atoms with Crippen LogP contribution >= 0.6 is 7.82 Å². The molecule has 0 spiro atoms. The van der Waals surface area contributed by atoms with Gasteiger partial charge in [-0.3, -0.25) is 4.89 Å². The van der Waals surface area contributed by atoms with Crippen molar-refractivity contribution >= 4 is 7.82 Å². The van der Waals surface area contributed by atoms with Crippen molar-refractivity contribution in [3.63, 3.8) is 0 Å². The first-order valence-corrected chi connectivity index (χ1v) is 3.71. The van der Waals surface area contributed by atoms with Gasteiger partial charge in [-0.2, -0.15) is 0 Å². The summed E-state index contributed by atoms with van der Waals surface area (Å²) in [6, 6.07) is 0. The molecule has 0 saturated carbocycles. The average Bonchev–Trinajstić information content (AvgIpc) is 1.84. The van der Waals surface area contributed by atoms with E-state index in [0.717, 1.165) is 6.26 Å². The van der Waals surface area contributed by atoms with E-state index < -0.39 is 7.82 Å². The minimum atomic E-state index is -4.07. The fourth-order valence-corrected chi connectivity index (χ4v) is 0.669. The molecule has 0 aliphatic heterocycles. The maximum atomic E-state index is 10.5. The first kappa shape index (κ1) is 9.07. The highest BCUT2D eigenvalue weighted by Gasteiger charge is 2.19. The smallest absolute Gasteiger partial charge is 0.512 e. The van der Waals surface area contributed by atoms with Crippen molar-refractivity contribution in [1.82, 2.24) is 0 Å². The third-order valence-electron chi connectivity index (χ3n) is 0.463. The maximum Gasteiger partial charge on any atom is 0.583 e. The summed E-state index contributed by atoms with van der Waals surface area (Å²) in [5.41, 5.74) is 0. The third kappa shape index (κ3) is 4.00. The van der Waals surface area contributed by atoms with Crippen LogP contribution in [0.5, 0.6) is 0 Å². The van der Waals surface area contributed by atoms with E-state index in [-0.39, 0.29) is 0 Å². The second-order valence-electron chi connectivity index (χ2n) is 1.13. The fraction of sp³-hybridized carbons (Fsp3) is 0. The monoisotopic (exact) mass is 166 g/mol. The zero-order chi connectivity index (χ0) is 8.04. The standard InChI is InChI=1S/C4H7O5P/c1-2-8-10(6,7)9-4-3-5/h2-5H,1H2,(H,6,7)/b4-3-. The zero-order valence-corrected chi connectivity index (χ0v) is 5.90. The first-order valence-electron chi connectivity index (χ1n) is 2.22. The van der Waals surface area contributed by atoms with Crippen molar-refractivity contribution in [2.45, 2.75) is 0 Å². The molecular formula is C4H7O5P. The molecule has 0 aliphatic rings. The molecule has 1 atom stereocenters. The van der Waals surface area contributed by atoms with Crippen LogP contribution in [0.3, 0.4) is 0 Å². The lowest BCUT2D eigenvalue weighted by Crippen LogP contribution is -1.82.